The van der Waals surface area contributed by atoms with Crippen molar-refractivity contribution in [1.29, 1.82) is 5.26 Å². The molecule has 0 fully saturated rings. The summed E-state index contributed by atoms with van der Waals surface area (Å²) in [5.74, 6) is -0.369. The number of halogens is 2. The van der Waals surface area contributed by atoms with Crippen molar-refractivity contribution in [3.63, 3.8) is 0 Å². The van der Waals surface area contributed by atoms with Gasteiger partial charge < -0.3 is 4.74 Å². The van der Waals surface area contributed by atoms with Crippen molar-refractivity contribution in [2.24, 2.45) is 0 Å². The van der Waals surface area contributed by atoms with Gasteiger partial charge in [-0.1, -0.05) is 35.3 Å². The number of methoxy groups -OCH3 is 1. The van der Waals surface area contributed by atoms with Gasteiger partial charge in [0.05, 0.1) is 23.9 Å². The van der Waals surface area contributed by atoms with Crippen LogP contribution in [0.25, 0.3) is 0 Å². The first-order chi connectivity index (χ1) is 13.0. The monoisotopic (exact) mass is 397 g/mol. The third-order valence-electron chi connectivity index (χ3n) is 4.01. The van der Waals surface area contributed by atoms with Crippen molar-refractivity contribution in [1.82, 2.24) is 10.2 Å². The van der Waals surface area contributed by atoms with Gasteiger partial charge in [-0.25, -0.2) is 0 Å². The molecule has 7 heteroatoms. The maximum Gasteiger partial charge on any atom is 0.194 e. The highest BCUT2D eigenvalue weighted by Gasteiger charge is 2.23. The molecule has 27 heavy (non-hydrogen) atoms. The predicted octanol–water partition coefficient (Wildman–Crippen LogP) is 4.68. The number of rotatable bonds is 5. The van der Waals surface area contributed by atoms with Crippen molar-refractivity contribution in [3.8, 4) is 11.8 Å². The lowest BCUT2D eigenvalue weighted by molar-refractivity contribution is 0.103. The highest BCUT2D eigenvalue weighted by Crippen LogP contribution is 2.32. The van der Waals surface area contributed by atoms with Gasteiger partial charge in [0.1, 0.15) is 11.7 Å². The molecule has 5 nitrogen and oxygen atoms in total. The number of hydrogen-bond donors (Lipinski definition) is 0. The minimum absolute atomic E-state index is 0.210. The Bertz CT molecular complexity index is 1010. The van der Waals surface area contributed by atoms with Crippen LogP contribution in [0, 0.1) is 11.3 Å². The largest absolute Gasteiger partial charge is 0.497 e. The predicted molar refractivity (Wildman–Crippen MR) is 102 cm³/mol. The van der Waals surface area contributed by atoms with Gasteiger partial charge in [-0.2, -0.15) is 10.4 Å². The van der Waals surface area contributed by atoms with E-state index in [0.717, 1.165) is 0 Å². The Morgan fingerprint density at radius 3 is 2.41 bits per heavy atom. The maximum absolute atomic E-state index is 12.9. The molecule has 0 radical (unpaired) electrons. The van der Waals surface area contributed by atoms with Crippen LogP contribution in [0.5, 0.6) is 5.75 Å². The first-order valence-electron chi connectivity index (χ1n) is 7.91. The molecule has 0 aliphatic carbocycles. The number of hydrogen-bond acceptors (Lipinski definition) is 5. The van der Waals surface area contributed by atoms with E-state index in [4.69, 9.17) is 27.9 Å². The van der Waals surface area contributed by atoms with E-state index in [9.17, 15) is 10.1 Å². The average molecular weight is 398 g/mol. The van der Waals surface area contributed by atoms with Gasteiger partial charge in [0.25, 0.3) is 0 Å². The number of carbonyl (C=O) groups excluding carboxylic acids is 1. The fourth-order valence-corrected chi connectivity index (χ4v) is 3.04. The SMILES string of the molecule is COc1ccc(C(=O)c2cccc(C(C#N)c3ccc(Cl)nn3)c2Cl)cc1. The minimum atomic E-state index is -0.772. The molecule has 0 saturated carbocycles. The van der Waals surface area contributed by atoms with Gasteiger partial charge in [-0.15, -0.1) is 5.10 Å². The molecule has 1 atom stereocenters. The molecule has 3 aromatic rings. The Labute approximate surface area is 166 Å². The first kappa shape index (κ1) is 18.8. The lowest BCUT2D eigenvalue weighted by Gasteiger charge is -2.13. The van der Waals surface area contributed by atoms with Crippen molar-refractivity contribution >= 4 is 29.0 Å². The van der Waals surface area contributed by atoms with Crippen LogP contribution >= 0.6 is 23.2 Å². The van der Waals surface area contributed by atoms with E-state index in [1.165, 1.54) is 0 Å². The summed E-state index contributed by atoms with van der Waals surface area (Å²) in [6.07, 6.45) is 0. The van der Waals surface area contributed by atoms with Gasteiger partial charge in [0.15, 0.2) is 10.9 Å². The highest BCUT2D eigenvalue weighted by atomic mass is 35.5. The summed E-state index contributed by atoms with van der Waals surface area (Å²) in [5.41, 5.74) is 1.66. The Morgan fingerprint density at radius 1 is 1.07 bits per heavy atom. The molecule has 0 spiro atoms. The summed E-state index contributed by atoms with van der Waals surface area (Å²) in [6, 6.07) is 17.0. The van der Waals surface area contributed by atoms with Gasteiger partial charge >= 0.3 is 0 Å². The van der Waals surface area contributed by atoms with E-state index in [-0.39, 0.29) is 16.0 Å². The number of ether oxygens (including phenoxy) is 1. The quantitative estimate of drug-likeness (QED) is 0.584. The molecule has 0 amide bonds. The highest BCUT2D eigenvalue weighted by molar-refractivity contribution is 6.35. The molecule has 0 aliphatic heterocycles. The Kier molecular flexibility index (Phi) is 5.70. The van der Waals surface area contributed by atoms with Crippen molar-refractivity contribution < 1.29 is 9.53 Å². The van der Waals surface area contributed by atoms with Crippen LogP contribution in [-0.2, 0) is 0 Å². The third kappa shape index (κ3) is 3.92. The molecular formula is C20H13Cl2N3O2. The number of carbonyl (C=O) groups is 1. The number of nitrogens with zero attached hydrogens (tertiary/aromatic N) is 3. The summed E-state index contributed by atoms with van der Waals surface area (Å²) in [5, 5.41) is 17.8. The summed E-state index contributed by atoms with van der Waals surface area (Å²) in [4.78, 5) is 12.9. The fourth-order valence-electron chi connectivity index (χ4n) is 2.62. The lowest BCUT2D eigenvalue weighted by Crippen LogP contribution is -2.08. The van der Waals surface area contributed by atoms with Gasteiger partial charge in [0, 0.05) is 11.1 Å². The van der Waals surface area contributed by atoms with E-state index in [1.807, 2.05) is 0 Å². The fraction of sp³-hybridized carbons (Fsp3) is 0.100. The third-order valence-corrected chi connectivity index (χ3v) is 4.64. The lowest BCUT2D eigenvalue weighted by atomic mass is 9.93. The molecule has 1 unspecified atom stereocenters. The van der Waals surface area contributed by atoms with Crippen molar-refractivity contribution in [3.05, 3.63) is 87.2 Å². The Morgan fingerprint density at radius 2 is 1.81 bits per heavy atom. The zero-order valence-corrected chi connectivity index (χ0v) is 15.7. The van der Waals surface area contributed by atoms with E-state index < -0.39 is 5.92 Å². The molecule has 2 aromatic carbocycles. The average Bonchev–Trinajstić information content (AvgIpc) is 2.70. The number of ketones is 1. The van der Waals surface area contributed by atoms with Crippen LogP contribution in [0.15, 0.2) is 54.6 Å². The standard InChI is InChI=1S/C20H13Cl2N3O2/c1-27-13-7-5-12(6-8-13)20(26)15-4-2-3-14(19(15)22)16(11-23)17-9-10-18(21)25-24-17/h2-10,16H,1H3. The smallest absolute Gasteiger partial charge is 0.194 e. The summed E-state index contributed by atoms with van der Waals surface area (Å²) < 4.78 is 5.11. The Hall–Kier alpha value is -2.94. The second-order valence-electron chi connectivity index (χ2n) is 5.61. The minimum Gasteiger partial charge on any atom is -0.497 e. The topological polar surface area (TPSA) is 75.9 Å². The van der Waals surface area contributed by atoms with Gasteiger partial charge in [-0.05, 0) is 48.0 Å². The second-order valence-corrected chi connectivity index (χ2v) is 6.37. The van der Waals surface area contributed by atoms with E-state index >= 15 is 0 Å². The van der Waals surface area contributed by atoms with Gasteiger partial charge in [-0.3, -0.25) is 4.79 Å². The molecule has 1 aromatic heterocycles. The zero-order chi connectivity index (χ0) is 19.4. The van der Waals surface area contributed by atoms with Crippen LogP contribution in [0.3, 0.4) is 0 Å². The van der Waals surface area contributed by atoms with Gasteiger partial charge in [0.2, 0.25) is 0 Å². The van der Waals surface area contributed by atoms with E-state index in [0.29, 0.717) is 28.1 Å². The van der Waals surface area contributed by atoms with E-state index in [2.05, 4.69) is 16.3 Å². The van der Waals surface area contributed by atoms with E-state index in [1.54, 1.807) is 61.7 Å². The first-order valence-corrected chi connectivity index (χ1v) is 8.66. The number of benzene rings is 2. The van der Waals surface area contributed by atoms with Crippen LogP contribution in [0.2, 0.25) is 10.2 Å². The maximum atomic E-state index is 12.9. The van der Waals surface area contributed by atoms with Crippen LogP contribution in [0.1, 0.15) is 33.1 Å². The van der Waals surface area contributed by atoms with Crippen molar-refractivity contribution in [2.45, 2.75) is 5.92 Å². The molecular weight excluding hydrogens is 385 g/mol. The summed E-state index contributed by atoms with van der Waals surface area (Å²) in [6.45, 7) is 0. The molecule has 0 saturated heterocycles. The number of aromatic nitrogens is 2. The molecule has 3 rings (SSSR count). The summed E-state index contributed by atoms with van der Waals surface area (Å²) >= 11 is 12.3. The van der Waals surface area contributed by atoms with Crippen LogP contribution in [-0.4, -0.2) is 23.1 Å². The molecule has 0 aliphatic rings. The molecule has 134 valence electrons. The zero-order valence-electron chi connectivity index (χ0n) is 14.2. The summed E-state index contributed by atoms with van der Waals surface area (Å²) in [7, 11) is 1.55. The molecule has 0 N–H and O–H groups in total. The molecule has 0 bridgehead atoms. The molecule has 1 heterocycles. The second kappa shape index (κ2) is 8.17. The normalized spacial score (nSPS) is 11.5. The van der Waals surface area contributed by atoms with Crippen molar-refractivity contribution in [2.75, 3.05) is 7.11 Å². The van der Waals surface area contributed by atoms with Crippen LogP contribution in [0.4, 0.5) is 0 Å². The number of nitriles is 1. The van der Waals surface area contributed by atoms with Crippen LogP contribution < -0.4 is 4.74 Å². The Balaban J connectivity index is 2.00.